The second kappa shape index (κ2) is 6.16. The van der Waals surface area contributed by atoms with Crippen LogP contribution in [-0.4, -0.2) is 42.7 Å². The number of hydrogen-bond donors (Lipinski definition) is 2. The predicted molar refractivity (Wildman–Crippen MR) is 71.9 cm³/mol. The molecule has 0 saturated carbocycles. The van der Waals surface area contributed by atoms with Gasteiger partial charge in [-0.15, -0.1) is 0 Å². The van der Waals surface area contributed by atoms with Crippen molar-refractivity contribution in [3.05, 3.63) is 0 Å². The van der Waals surface area contributed by atoms with E-state index in [4.69, 9.17) is 0 Å². The number of nitrogens with one attached hydrogen (secondary N) is 1. The largest absolute Gasteiger partial charge is 0.394 e. The molecule has 0 amide bonds. The third kappa shape index (κ3) is 4.56. The fourth-order valence-corrected chi connectivity index (χ4v) is 2.52. The zero-order valence-electron chi connectivity index (χ0n) is 11.7. The Morgan fingerprint density at radius 2 is 1.59 bits per heavy atom. The topological polar surface area (TPSA) is 66.4 Å². The van der Waals surface area contributed by atoms with E-state index in [-0.39, 0.29) is 17.9 Å². The van der Waals surface area contributed by atoms with Crippen molar-refractivity contribution in [2.45, 2.75) is 57.7 Å². The summed E-state index contributed by atoms with van der Waals surface area (Å²) in [7, 11) is -3.09. The van der Waals surface area contributed by atoms with E-state index in [9.17, 15) is 13.5 Å². The van der Waals surface area contributed by atoms with Gasteiger partial charge in [0.05, 0.1) is 17.1 Å². The monoisotopic (exact) mass is 265 g/mol. The second-order valence-corrected chi connectivity index (χ2v) is 8.37. The van der Waals surface area contributed by atoms with Crippen molar-refractivity contribution in [3.63, 3.8) is 0 Å². The molecule has 0 atom stereocenters. The quantitative estimate of drug-likeness (QED) is 0.729. The molecule has 0 aromatic heterocycles. The van der Waals surface area contributed by atoms with Gasteiger partial charge in [0.1, 0.15) is 0 Å². The summed E-state index contributed by atoms with van der Waals surface area (Å²) in [5.74, 6) is 0.109. The SMILES string of the molecule is CCC(CC)(CO)NCCS(=O)(=O)C(C)(C)C. The van der Waals surface area contributed by atoms with E-state index in [0.29, 0.717) is 6.54 Å². The van der Waals surface area contributed by atoms with Crippen molar-refractivity contribution in [2.24, 2.45) is 0 Å². The van der Waals surface area contributed by atoms with Crippen LogP contribution in [0.3, 0.4) is 0 Å². The smallest absolute Gasteiger partial charge is 0.156 e. The van der Waals surface area contributed by atoms with Crippen LogP contribution in [0.2, 0.25) is 0 Å². The van der Waals surface area contributed by atoms with E-state index in [0.717, 1.165) is 12.8 Å². The summed E-state index contributed by atoms with van der Waals surface area (Å²) >= 11 is 0. The molecule has 0 heterocycles. The van der Waals surface area contributed by atoms with E-state index in [2.05, 4.69) is 5.32 Å². The fourth-order valence-electron chi connectivity index (χ4n) is 1.54. The lowest BCUT2D eigenvalue weighted by molar-refractivity contribution is 0.153. The van der Waals surface area contributed by atoms with Crippen molar-refractivity contribution < 1.29 is 13.5 Å². The van der Waals surface area contributed by atoms with E-state index >= 15 is 0 Å². The lowest BCUT2D eigenvalue weighted by atomic mass is 9.94. The normalized spacial score (nSPS) is 14.0. The molecule has 0 aliphatic carbocycles. The van der Waals surface area contributed by atoms with E-state index in [1.165, 1.54) is 0 Å². The second-order valence-electron chi connectivity index (χ2n) is 5.50. The zero-order chi connectivity index (χ0) is 13.7. The highest BCUT2D eigenvalue weighted by atomic mass is 32.2. The van der Waals surface area contributed by atoms with Gasteiger partial charge in [0.2, 0.25) is 0 Å². The maximum Gasteiger partial charge on any atom is 0.156 e. The van der Waals surface area contributed by atoms with Crippen LogP contribution >= 0.6 is 0 Å². The molecule has 4 nitrogen and oxygen atoms in total. The molecular weight excluding hydrogens is 238 g/mol. The van der Waals surface area contributed by atoms with Gasteiger partial charge in [-0.05, 0) is 33.6 Å². The van der Waals surface area contributed by atoms with E-state index < -0.39 is 14.6 Å². The third-order valence-electron chi connectivity index (χ3n) is 3.46. The van der Waals surface area contributed by atoms with Crippen LogP contribution in [0.15, 0.2) is 0 Å². The van der Waals surface area contributed by atoms with Crippen LogP contribution in [0.5, 0.6) is 0 Å². The van der Waals surface area contributed by atoms with Crippen molar-refractivity contribution in [2.75, 3.05) is 18.9 Å². The number of aliphatic hydroxyl groups excluding tert-OH is 1. The molecule has 0 aromatic carbocycles. The Bertz CT molecular complexity index is 305. The van der Waals surface area contributed by atoms with Crippen molar-refractivity contribution in [1.82, 2.24) is 5.32 Å². The summed E-state index contributed by atoms with van der Waals surface area (Å²) in [4.78, 5) is 0. The molecule has 2 N–H and O–H groups in total. The zero-order valence-corrected chi connectivity index (χ0v) is 12.5. The highest BCUT2D eigenvalue weighted by molar-refractivity contribution is 7.92. The molecular formula is C12H27NO3S. The molecule has 0 aromatic rings. The molecule has 5 heteroatoms. The number of aliphatic hydroxyl groups is 1. The summed E-state index contributed by atoms with van der Waals surface area (Å²) in [6.45, 7) is 9.54. The first-order valence-corrected chi connectivity index (χ1v) is 7.87. The Morgan fingerprint density at radius 3 is 1.88 bits per heavy atom. The summed E-state index contributed by atoms with van der Waals surface area (Å²) in [6.07, 6.45) is 1.57. The van der Waals surface area contributed by atoms with E-state index in [1.54, 1.807) is 20.8 Å². The van der Waals surface area contributed by atoms with E-state index in [1.807, 2.05) is 13.8 Å². The van der Waals surface area contributed by atoms with Crippen LogP contribution in [0.4, 0.5) is 0 Å². The number of hydrogen-bond acceptors (Lipinski definition) is 4. The van der Waals surface area contributed by atoms with Crippen LogP contribution in [0.25, 0.3) is 0 Å². The van der Waals surface area contributed by atoms with Crippen molar-refractivity contribution in [3.8, 4) is 0 Å². The van der Waals surface area contributed by atoms with Gasteiger partial charge >= 0.3 is 0 Å². The lowest BCUT2D eigenvalue weighted by Gasteiger charge is -2.31. The molecule has 0 spiro atoms. The summed E-state index contributed by atoms with van der Waals surface area (Å²) in [6, 6.07) is 0. The maximum absolute atomic E-state index is 11.9. The van der Waals surface area contributed by atoms with Gasteiger partial charge in [-0.3, -0.25) is 0 Å². The first kappa shape index (κ1) is 16.9. The summed E-state index contributed by atoms with van der Waals surface area (Å²) in [5.41, 5.74) is -0.340. The minimum absolute atomic E-state index is 0.0373. The van der Waals surface area contributed by atoms with Gasteiger partial charge in [-0.1, -0.05) is 13.8 Å². The summed E-state index contributed by atoms with van der Waals surface area (Å²) in [5, 5.41) is 12.5. The number of rotatable bonds is 7. The Kier molecular flexibility index (Phi) is 6.11. The standard InChI is InChI=1S/C12H27NO3S/c1-6-12(7-2,10-14)13-8-9-17(15,16)11(3,4)5/h13-14H,6-10H2,1-5H3. The molecule has 0 radical (unpaired) electrons. The fraction of sp³-hybridized carbons (Fsp3) is 1.00. The first-order chi connectivity index (χ1) is 7.64. The Balaban J connectivity index is 4.43. The first-order valence-electron chi connectivity index (χ1n) is 6.22. The van der Waals surface area contributed by atoms with Crippen LogP contribution in [0.1, 0.15) is 47.5 Å². The molecule has 0 saturated heterocycles. The molecule has 0 aliphatic rings. The highest BCUT2D eigenvalue weighted by Crippen LogP contribution is 2.17. The molecule has 0 bridgehead atoms. The average Bonchev–Trinajstić information content (AvgIpc) is 2.23. The maximum atomic E-state index is 11.9. The molecule has 0 unspecified atom stereocenters. The van der Waals surface area contributed by atoms with Crippen molar-refractivity contribution >= 4 is 9.84 Å². The van der Waals surface area contributed by atoms with Gasteiger partial charge in [0.25, 0.3) is 0 Å². The molecule has 104 valence electrons. The average molecular weight is 265 g/mol. The predicted octanol–water partition coefficient (Wildman–Crippen LogP) is 1.34. The molecule has 0 rings (SSSR count). The Labute approximate surface area is 106 Å². The third-order valence-corrected chi connectivity index (χ3v) is 6.07. The lowest BCUT2D eigenvalue weighted by Crippen LogP contribution is -2.49. The number of sulfone groups is 1. The Hall–Kier alpha value is -0.130. The minimum Gasteiger partial charge on any atom is -0.394 e. The van der Waals surface area contributed by atoms with Crippen LogP contribution in [-0.2, 0) is 9.84 Å². The molecule has 0 fully saturated rings. The van der Waals surface area contributed by atoms with Crippen LogP contribution < -0.4 is 5.32 Å². The van der Waals surface area contributed by atoms with Gasteiger partial charge in [0, 0.05) is 12.1 Å². The highest BCUT2D eigenvalue weighted by Gasteiger charge is 2.30. The molecule has 17 heavy (non-hydrogen) atoms. The van der Waals surface area contributed by atoms with Crippen molar-refractivity contribution in [1.29, 1.82) is 0 Å². The van der Waals surface area contributed by atoms with Gasteiger partial charge < -0.3 is 10.4 Å². The molecule has 0 aliphatic heterocycles. The minimum atomic E-state index is -3.09. The Morgan fingerprint density at radius 1 is 1.12 bits per heavy atom. The van der Waals surface area contributed by atoms with Gasteiger partial charge in [0.15, 0.2) is 9.84 Å². The summed E-state index contributed by atoms with van der Waals surface area (Å²) < 4.78 is 23.1. The van der Waals surface area contributed by atoms with Gasteiger partial charge in [-0.25, -0.2) is 8.42 Å². The van der Waals surface area contributed by atoms with Gasteiger partial charge in [-0.2, -0.15) is 0 Å². The van der Waals surface area contributed by atoms with Crippen LogP contribution in [0, 0.1) is 0 Å².